The SMILES string of the molecule is CCCCOCCNc1nc2c(s1)CCCC2C(=O)O. The number of hydrogen-bond acceptors (Lipinski definition) is 5. The van der Waals surface area contributed by atoms with Crippen LogP contribution < -0.4 is 5.32 Å². The normalized spacial score (nSPS) is 17.8. The maximum Gasteiger partial charge on any atom is 0.312 e. The topological polar surface area (TPSA) is 71.5 Å². The molecule has 1 unspecified atom stereocenters. The molecule has 1 aliphatic rings. The third kappa shape index (κ3) is 3.93. The van der Waals surface area contributed by atoms with Crippen LogP contribution in [0.2, 0.25) is 0 Å². The predicted octanol–water partition coefficient (Wildman–Crippen LogP) is 2.88. The number of thiazole rings is 1. The maximum absolute atomic E-state index is 11.2. The molecule has 0 radical (unpaired) electrons. The molecule has 0 aliphatic heterocycles. The van der Waals surface area contributed by atoms with Gasteiger partial charge in [-0.2, -0.15) is 0 Å². The number of carboxylic acids is 1. The van der Waals surface area contributed by atoms with Gasteiger partial charge in [0.2, 0.25) is 0 Å². The number of carboxylic acid groups (broad SMARTS) is 1. The van der Waals surface area contributed by atoms with E-state index in [1.807, 2.05) is 0 Å². The Kier molecular flexibility index (Phi) is 5.79. The monoisotopic (exact) mass is 298 g/mol. The van der Waals surface area contributed by atoms with Gasteiger partial charge < -0.3 is 15.2 Å². The molecular weight excluding hydrogens is 276 g/mol. The van der Waals surface area contributed by atoms with E-state index < -0.39 is 11.9 Å². The molecule has 0 spiro atoms. The minimum atomic E-state index is -0.759. The minimum Gasteiger partial charge on any atom is -0.481 e. The van der Waals surface area contributed by atoms with Gasteiger partial charge in [0.25, 0.3) is 0 Å². The molecule has 0 saturated heterocycles. The van der Waals surface area contributed by atoms with Crippen molar-refractivity contribution in [2.45, 2.75) is 44.9 Å². The highest BCUT2D eigenvalue weighted by Gasteiger charge is 2.29. The van der Waals surface area contributed by atoms with Crippen molar-refractivity contribution in [1.82, 2.24) is 4.98 Å². The number of aryl methyl sites for hydroxylation is 1. The van der Waals surface area contributed by atoms with Gasteiger partial charge in [0.15, 0.2) is 5.13 Å². The lowest BCUT2D eigenvalue weighted by molar-refractivity contribution is -0.139. The van der Waals surface area contributed by atoms with Crippen LogP contribution in [0.25, 0.3) is 0 Å². The summed E-state index contributed by atoms with van der Waals surface area (Å²) < 4.78 is 5.48. The number of unbranched alkanes of at least 4 members (excludes halogenated alkanes) is 1. The van der Waals surface area contributed by atoms with E-state index in [1.54, 1.807) is 11.3 Å². The molecule has 112 valence electrons. The number of nitrogens with one attached hydrogen (secondary N) is 1. The summed E-state index contributed by atoms with van der Waals surface area (Å²) in [4.78, 5) is 16.8. The Balaban J connectivity index is 1.83. The number of ether oxygens (including phenoxy) is 1. The summed E-state index contributed by atoms with van der Waals surface area (Å²) in [7, 11) is 0. The molecule has 2 rings (SSSR count). The summed E-state index contributed by atoms with van der Waals surface area (Å²) in [5.41, 5.74) is 0.767. The molecule has 0 saturated carbocycles. The molecule has 2 N–H and O–H groups in total. The molecule has 0 amide bonds. The van der Waals surface area contributed by atoms with Crippen molar-refractivity contribution < 1.29 is 14.6 Å². The van der Waals surface area contributed by atoms with Crippen LogP contribution in [0.15, 0.2) is 0 Å². The first-order valence-corrected chi connectivity index (χ1v) is 8.08. The molecule has 1 atom stereocenters. The Morgan fingerprint density at radius 1 is 1.55 bits per heavy atom. The second-order valence-electron chi connectivity index (χ2n) is 5.00. The standard InChI is InChI=1S/C14H22N2O3S/c1-2-3-8-19-9-7-15-14-16-12-10(13(17)18)5-4-6-11(12)20-14/h10H,2-9H2,1H3,(H,15,16)(H,17,18). The van der Waals surface area contributed by atoms with Crippen molar-refractivity contribution in [2.75, 3.05) is 25.1 Å². The Hall–Kier alpha value is -1.14. The van der Waals surface area contributed by atoms with Crippen LogP contribution in [-0.4, -0.2) is 35.8 Å². The largest absolute Gasteiger partial charge is 0.481 e. The third-order valence-electron chi connectivity index (χ3n) is 3.42. The van der Waals surface area contributed by atoms with Crippen LogP contribution in [0.5, 0.6) is 0 Å². The summed E-state index contributed by atoms with van der Waals surface area (Å²) in [6.07, 6.45) is 4.82. The zero-order chi connectivity index (χ0) is 14.4. The van der Waals surface area contributed by atoms with Gasteiger partial charge in [0.1, 0.15) is 5.92 Å². The van der Waals surface area contributed by atoms with Gasteiger partial charge in [0.05, 0.1) is 12.3 Å². The maximum atomic E-state index is 11.2. The predicted molar refractivity (Wildman–Crippen MR) is 79.6 cm³/mol. The molecule has 5 nitrogen and oxygen atoms in total. The first-order chi connectivity index (χ1) is 9.72. The van der Waals surface area contributed by atoms with Crippen LogP contribution in [-0.2, 0) is 16.0 Å². The number of aromatic nitrogens is 1. The zero-order valence-electron chi connectivity index (χ0n) is 11.9. The molecule has 1 heterocycles. The van der Waals surface area contributed by atoms with Crippen molar-refractivity contribution in [3.63, 3.8) is 0 Å². The lowest BCUT2D eigenvalue weighted by Crippen LogP contribution is -2.17. The summed E-state index contributed by atoms with van der Waals surface area (Å²) >= 11 is 1.58. The number of fused-ring (bicyclic) bond motifs is 1. The van der Waals surface area contributed by atoms with E-state index in [9.17, 15) is 9.90 Å². The number of nitrogens with zero attached hydrogens (tertiary/aromatic N) is 1. The fourth-order valence-electron chi connectivity index (χ4n) is 2.31. The minimum absolute atomic E-state index is 0.425. The van der Waals surface area contributed by atoms with E-state index >= 15 is 0 Å². The highest BCUT2D eigenvalue weighted by atomic mass is 32.1. The first kappa shape index (κ1) is 15.3. The van der Waals surface area contributed by atoms with Crippen molar-refractivity contribution >= 4 is 22.4 Å². The molecule has 1 aromatic heterocycles. The Bertz CT molecular complexity index is 448. The van der Waals surface area contributed by atoms with Gasteiger partial charge >= 0.3 is 5.97 Å². The van der Waals surface area contributed by atoms with Gasteiger partial charge in [-0.3, -0.25) is 4.79 Å². The van der Waals surface area contributed by atoms with E-state index in [4.69, 9.17) is 4.74 Å². The highest BCUT2D eigenvalue weighted by molar-refractivity contribution is 7.15. The number of carbonyl (C=O) groups is 1. The Morgan fingerprint density at radius 2 is 2.40 bits per heavy atom. The molecule has 0 bridgehead atoms. The van der Waals surface area contributed by atoms with Crippen LogP contribution in [0, 0.1) is 0 Å². The lowest BCUT2D eigenvalue weighted by Gasteiger charge is -2.16. The summed E-state index contributed by atoms with van der Waals surface area (Å²) in [5, 5.41) is 13.3. The number of anilines is 1. The van der Waals surface area contributed by atoms with Crippen molar-refractivity contribution in [1.29, 1.82) is 0 Å². The summed E-state index contributed by atoms with van der Waals surface area (Å²) in [6.45, 7) is 4.31. The lowest BCUT2D eigenvalue weighted by atomic mass is 9.91. The van der Waals surface area contributed by atoms with Gasteiger partial charge in [-0.1, -0.05) is 13.3 Å². The average molecular weight is 298 g/mol. The third-order valence-corrected chi connectivity index (χ3v) is 4.51. The molecule has 0 fully saturated rings. The molecule has 20 heavy (non-hydrogen) atoms. The van der Waals surface area contributed by atoms with Crippen LogP contribution in [0.4, 0.5) is 5.13 Å². The number of rotatable bonds is 8. The van der Waals surface area contributed by atoms with E-state index in [1.165, 1.54) is 0 Å². The Morgan fingerprint density at radius 3 is 3.15 bits per heavy atom. The smallest absolute Gasteiger partial charge is 0.312 e. The van der Waals surface area contributed by atoms with E-state index in [2.05, 4.69) is 17.2 Å². The second-order valence-corrected chi connectivity index (χ2v) is 6.09. The van der Waals surface area contributed by atoms with Crippen molar-refractivity contribution in [3.05, 3.63) is 10.6 Å². The molecule has 6 heteroatoms. The van der Waals surface area contributed by atoms with Gasteiger partial charge in [0, 0.05) is 18.0 Å². The van der Waals surface area contributed by atoms with Gasteiger partial charge in [-0.25, -0.2) is 4.98 Å². The quantitative estimate of drug-likeness (QED) is 0.722. The molecular formula is C14H22N2O3S. The van der Waals surface area contributed by atoms with Crippen LogP contribution in [0.1, 0.15) is 49.1 Å². The summed E-state index contributed by atoms with van der Waals surface area (Å²) in [5.74, 6) is -1.18. The van der Waals surface area contributed by atoms with E-state index in [0.29, 0.717) is 19.6 Å². The van der Waals surface area contributed by atoms with E-state index in [0.717, 1.165) is 48.0 Å². The Labute approximate surface area is 123 Å². The van der Waals surface area contributed by atoms with Crippen LogP contribution >= 0.6 is 11.3 Å². The number of hydrogen-bond donors (Lipinski definition) is 2. The first-order valence-electron chi connectivity index (χ1n) is 7.26. The van der Waals surface area contributed by atoms with E-state index in [-0.39, 0.29) is 0 Å². The molecule has 1 aliphatic carbocycles. The van der Waals surface area contributed by atoms with Gasteiger partial charge in [-0.15, -0.1) is 11.3 Å². The molecule has 0 aromatic carbocycles. The summed E-state index contributed by atoms with van der Waals surface area (Å²) in [6, 6.07) is 0. The van der Waals surface area contributed by atoms with Crippen molar-refractivity contribution in [2.24, 2.45) is 0 Å². The number of aliphatic carboxylic acids is 1. The van der Waals surface area contributed by atoms with Crippen LogP contribution in [0.3, 0.4) is 0 Å². The van der Waals surface area contributed by atoms with Gasteiger partial charge in [-0.05, 0) is 25.7 Å². The average Bonchev–Trinajstić information content (AvgIpc) is 2.84. The molecule has 1 aromatic rings. The second kappa shape index (κ2) is 7.59. The fourth-order valence-corrected chi connectivity index (χ4v) is 3.40. The highest BCUT2D eigenvalue weighted by Crippen LogP contribution is 2.36. The zero-order valence-corrected chi connectivity index (χ0v) is 12.7. The van der Waals surface area contributed by atoms with Crippen molar-refractivity contribution in [3.8, 4) is 0 Å². The fraction of sp³-hybridized carbons (Fsp3) is 0.714.